The van der Waals surface area contributed by atoms with E-state index in [2.05, 4.69) is 64.1 Å². The zero-order valence-electron chi connectivity index (χ0n) is 12.5. The van der Waals surface area contributed by atoms with E-state index in [1.807, 2.05) is 4.68 Å². The molecule has 0 aliphatic heterocycles. The van der Waals surface area contributed by atoms with Crippen LogP contribution in [0, 0.1) is 6.92 Å². The Balaban J connectivity index is 1.58. The summed E-state index contributed by atoms with van der Waals surface area (Å²) in [4.78, 5) is 3.96. The number of para-hydroxylation sites is 1. The van der Waals surface area contributed by atoms with Gasteiger partial charge in [-0.15, -0.1) is 0 Å². The molecule has 0 saturated carbocycles. The van der Waals surface area contributed by atoms with E-state index in [9.17, 15) is 0 Å². The Hall–Kier alpha value is -2.14. The third-order valence-electron chi connectivity index (χ3n) is 3.77. The quantitative estimate of drug-likeness (QED) is 0.754. The summed E-state index contributed by atoms with van der Waals surface area (Å²) in [6.07, 6.45) is 3.32. The van der Waals surface area contributed by atoms with Gasteiger partial charge in [0.05, 0.1) is 6.54 Å². The van der Waals surface area contributed by atoms with Gasteiger partial charge in [0.1, 0.15) is 12.7 Å². The van der Waals surface area contributed by atoms with Crippen molar-refractivity contribution in [2.75, 3.05) is 6.54 Å². The van der Waals surface area contributed by atoms with Crippen LogP contribution in [0.25, 0.3) is 10.9 Å². The van der Waals surface area contributed by atoms with E-state index in [1.54, 1.807) is 12.7 Å². The maximum atomic E-state index is 4.13. The first kappa shape index (κ1) is 13.8. The lowest BCUT2D eigenvalue weighted by Gasteiger charge is -2.15. The minimum atomic E-state index is 0.369. The molecule has 2 aromatic heterocycles. The number of benzene rings is 1. The van der Waals surface area contributed by atoms with Gasteiger partial charge in [-0.3, -0.25) is 4.68 Å². The summed E-state index contributed by atoms with van der Waals surface area (Å²) in [7, 11) is 0. The fraction of sp³-hybridized carbons (Fsp3) is 0.375. The van der Waals surface area contributed by atoms with Crippen molar-refractivity contribution in [2.45, 2.75) is 33.0 Å². The van der Waals surface area contributed by atoms with Crippen LogP contribution in [-0.2, 0) is 13.1 Å². The molecule has 0 aliphatic rings. The summed E-state index contributed by atoms with van der Waals surface area (Å²) >= 11 is 0. The van der Waals surface area contributed by atoms with Gasteiger partial charge in [0, 0.05) is 30.3 Å². The molecule has 1 atom stereocenters. The molecule has 21 heavy (non-hydrogen) atoms. The predicted molar refractivity (Wildman–Crippen MR) is 84.2 cm³/mol. The first-order valence-electron chi connectivity index (χ1n) is 7.34. The number of aromatic nitrogens is 4. The fourth-order valence-corrected chi connectivity index (χ4v) is 2.74. The molecule has 3 rings (SSSR count). The second kappa shape index (κ2) is 6.10. The van der Waals surface area contributed by atoms with Gasteiger partial charge >= 0.3 is 0 Å². The minimum absolute atomic E-state index is 0.369. The molecular weight excluding hydrogens is 262 g/mol. The normalized spacial score (nSPS) is 12.9. The Bertz CT molecular complexity index is 699. The number of nitrogens with one attached hydrogen (secondary N) is 1. The Kier molecular flexibility index (Phi) is 4.01. The molecule has 0 saturated heterocycles. The van der Waals surface area contributed by atoms with Crippen molar-refractivity contribution in [1.29, 1.82) is 0 Å². The zero-order chi connectivity index (χ0) is 14.7. The predicted octanol–water partition coefficient (Wildman–Crippen LogP) is 2.22. The van der Waals surface area contributed by atoms with Crippen molar-refractivity contribution in [3.63, 3.8) is 0 Å². The SMILES string of the molecule is Cc1cc2ccccc2n1CCNC(C)Cn1cncn1. The highest BCUT2D eigenvalue weighted by atomic mass is 15.3. The van der Waals surface area contributed by atoms with Crippen molar-refractivity contribution in [3.05, 3.63) is 48.7 Å². The number of hydrogen-bond acceptors (Lipinski definition) is 3. The first-order valence-corrected chi connectivity index (χ1v) is 7.34. The lowest BCUT2D eigenvalue weighted by atomic mass is 10.2. The molecule has 0 spiro atoms. The summed E-state index contributed by atoms with van der Waals surface area (Å²) in [5.74, 6) is 0. The van der Waals surface area contributed by atoms with Gasteiger partial charge in [0.25, 0.3) is 0 Å². The van der Waals surface area contributed by atoms with Crippen LogP contribution in [0.15, 0.2) is 43.0 Å². The van der Waals surface area contributed by atoms with Gasteiger partial charge in [-0.2, -0.15) is 5.10 Å². The Labute approximate surface area is 124 Å². The van der Waals surface area contributed by atoms with Crippen LogP contribution in [0.5, 0.6) is 0 Å². The second-order valence-corrected chi connectivity index (χ2v) is 5.47. The van der Waals surface area contributed by atoms with Crippen molar-refractivity contribution >= 4 is 10.9 Å². The van der Waals surface area contributed by atoms with E-state index >= 15 is 0 Å². The Morgan fingerprint density at radius 1 is 1.29 bits per heavy atom. The molecule has 1 N–H and O–H groups in total. The van der Waals surface area contributed by atoms with E-state index in [0.717, 1.165) is 19.6 Å². The molecule has 1 aromatic carbocycles. The lowest BCUT2D eigenvalue weighted by molar-refractivity contribution is 0.440. The van der Waals surface area contributed by atoms with E-state index in [0.29, 0.717) is 6.04 Å². The number of fused-ring (bicyclic) bond motifs is 1. The number of hydrogen-bond donors (Lipinski definition) is 1. The topological polar surface area (TPSA) is 47.7 Å². The van der Waals surface area contributed by atoms with Gasteiger partial charge in [-0.25, -0.2) is 4.98 Å². The smallest absolute Gasteiger partial charge is 0.137 e. The van der Waals surface area contributed by atoms with E-state index in [1.165, 1.54) is 16.6 Å². The highest BCUT2D eigenvalue weighted by molar-refractivity contribution is 5.81. The van der Waals surface area contributed by atoms with Crippen molar-refractivity contribution in [1.82, 2.24) is 24.6 Å². The van der Waals surface area contributed by atoms with Crippen LogP contribution in [0.2, 0.25) is 0 Å². The van der Waals surface area contributed by atoms with Crippen LogP contribution in [0.3, 0.4) is 0 Å². The third kappa shape index (κ3) is 3.13. The van der Waals surface area contributed by atoms with Crippen LogP contribution >= 0.6 is 0 Å². The Morgan fingerprint density at radius 3 is 2.95 bits per heavy atom. The highest BCUT2D eigenvalue weighted by Gasteiger charge is 2.06. The molecule has 0 radical (unpaired) electrons. The molecule has 0 aliphatic carbocycles. The lowest BCUT2D eigenvalue weighted by Crippen LogP contribution is -2.33. The molecule has 5 nitrogen and oxygen atoms in total. The molecule has 0 amide bonds. The molecule has 1 unspecified atom stereocenters. The molecule has 5 heteroatoms. The van der Waals surface area contributed by atoms with Gasteiger partial charge in [0.2, 0.25) is 0 Å². The van der Waals surface area contributed by atoms with E-state index < -0.39 is 0 Å². The molecule has 110 valence electrons. The third-order valence-corrected chi connectivity index (χ3v) is 3.77. The van der Waals surface area contributed by atoms with Crippen LogP contribution in [-0.4, -0.2) is 31.9 Å². The summed E-state index contributed by atoms with van der Waals surface area (Å²) in [6.45, 7) is 7.09. The largest absolute Gasteiger partial charge is 0.344 e. The maximum absolute atomic E-state index is 4.13. The van der Waals surface area contributed by atoms with Crippen LogP contribution in [0.4, 0.5) is 0 Å². The molecule has 0 bridgehead atoms. The van der Waals surface area contributed by atoms with Crippen LogP contribution in [0.1, 0.15) is 12.6 Å². The van der Waals surface area contributed by atoms with Crippen molar-refractivity contribution in [2.24, 2.45) is 0 Å². The highest BCUT2D eigenvalue weighted by Crippen LogP contribution is 2.18. The summed E-state index contributed by atoms with van der Waals surface area (Å²) in [6, 6.07) is 11.1. The van der Waals surface area contributed by atoms with Crippen molar-refractivity contribution in [3.8, 4) is 0 Å². The van der Waals surface area contributed by atoms with Gasteiger partial charge in [-0.1, -0.05) is 18.2 Å². The van der Waals surface area contributed by atoms with Crippen molar-refractivity contribution < 1.29 is 0 Å². The number of nitrogens with zero attached hydrogens (tertiary/aromatic N) is 4. The number of rotatable bonds is 6. The summed E-state index contributed by atoms with van der Waals surface area (Å²) in [5, 5.41) is 8.98. The van der Waals surface area contributed by atoms with E-state index in [4.69, 9.17) is 0 Å². The average molecular weight is 283 g/mol. The number of aryl methyl sites for hydroxylation is 1. The molecule has 0 fully saturated rings. The van der Waals surface area contributed by atoms with E-state index in [-0.39, 0.29) is 0 Å². The van der Waals surface area contributed by atoms with Gasteiger partial charge < -0.3 is 9.88 Å². The fourth-order valence-electron chi connectivity index (χ4n) is 2.74. The maximum Gasteiger partial charge on any atom is 0.137 e. The molecule has 2 heterocycles. The minimum Gasteiger partial charge on any atom is -0.344 e. The zero-order valence-corrected chi connectivity index (χ0v) is 12.5. The van der Waals surface area contributed by atoms with Crippen LogP contribution < -0.4 is 5.32 Å². The summed E-state index contributed by atoms with van der Waals surface area (Å²) < 4.78 is 4.22. The standard InChI is InChI=1S/C16H21N5/c1-13(10-20-12-17-11-19-20)18-7-8-21-14(2)9-15-5-3-4-6-16(15)21/h3-6,9,11-13,18H,7-8,10H2,1-2H3. The van der Waals surface area contributed by atoms with Gasteiger partial charge in [-0.05, 0) is 31.4 Å². The molecular formula is C16H21N5. The first-order chi connectivity index (χ1) is 10.2. The monoisotopic (exact) mass is 283 g/mol. The Morgan fingerprint density at radius 2 is 2.14 bits per heavy atom. The molecule has 3 aromatic rings. The second-order valence-electron chi connectivity index (χ2n) is 5.47. The average Bonchev–Trinajstić information content (AvgIpc) is 3.07. The van der Waals surface area contributed by atoms with Gasteiger partial charge in [0.15, 0.2) is 0 Å². The summed E-state index contributed by atoms with van der Waals surface area (Å²) in [5.41, 5.74) is 2.61.